The summed E-state index contributed by atoms with van der Waals surface area (Å²) < 4.78 is 39.1. The third-order valence-corrected chi connectivity index (χ3v) is 13.7. The number of unbranched alkanes of at least 4 members (excludes halogenated alkanes) is 2. The SMILES string of the molecule is CCCCOc1ccc([PH](=O)C(=O)c2c(C)cc(C)cc2C)c(OCCCC)c1.Cc1cc(C)c(C(=O)P(=O)(c2ccccc2)c2ccccc2)c(C)c1. The Morgan fingerprint density at radius 1 is 0.593 bits per heavy atom. The number of carbonyl (C=O) groups excluding carboxylic acids is 2. The van der Waals surface area contributed by atoms with Crippen molar-refractivity contribution >= 4 is 41.9 Å². The summed E-state index contributed by atoms with van der Waals surface area (Å²) in [5, 5.41) is 1.62. The van der Waals surface area contributed by atoms with Crippen LogP contribution in [0.2, 0.25) is 0 Å². The molecule has 1 unspecified atom stereocenters. The van der Waals surface area contributed by atoms with Crippen molar-refractivity contribution in [3.8, 4) is 11.5 Å². The molecule has 284 valence electrons. The maximum absolute atomic E-state index is 14.2. The lowest BCUT2D eigenvalue weighted by Crippen LogP contribution is -2.23. The minimum Gasteiger partial charge on any atom is -0.493 e. The smallest absolute Gasteiger partial charge is 0.230 e. The summed E-state index contributed by atoms with van der Waals surface area (Å²) in [6.45, 7) is 16.9. The molecule has 0 bridgehead atoms. The highest BCUT2D eigenvalue weighted by Gasteiger charge is 2.37. The summed E-state index contributed by atoms with van der Waals surface area (Å²) in [4.78, 5) is 26.7. The first-order valence-corrected chi connectivity index (χ1v) is 21.8. The molecule has 0 aliphatic heterocycles. The minimum atomic E-state index is -3.44. The van der Waals surface area contributed by atoms with Crippen LogP contribution in [0.1, 0.15) is 93.6 Å². The number of ether oxygens (including phenoxy) is 2. The van der Waals surface area contributed by atoms with Crippen molar-refractivity contribution < 1.29 is 28.2 Å². The van der Waals surface area contributed by atoms with Crippen molar-refractivity contribution in [2.24, 2.45) is 0 Å². The van der Waals surface area contributed by atoms with Crippen LogP contribution >= 0.6 is 14.9 Å². The van der Waals surface area contributed by atoms with E-state index in [0.717, 1.165) is 59.1 Å². The lowest BCUT2D eigenvalue weighted by atomic mass is 10.0. The topological polar surface area (TPSA) is 86.7 Å². The van der Waals surface area contributed by atoms with E-state index in [1.807, 2.05) is 102 Å². The van der Waals surface area contributed by atoms with Crippen LogP contribution in [-0.4, -0.2) is 24.3 Å². The molecule has 5 aromatic rings. The number of hydrogen-bond donors (Lipinski definition) is 0. The van der Waals surface area contributed by atoms with Crippen LogP contribution in [0.25, 0.3) is 0 Å². The fraction of sp³-hybridized carbons (Fsp3) is 0.304. The molecule has 0 heterocycles. The van der Waals surface area contributed by atoms with Crippen LogP contribution in [0.15, 0.2) is 103 Å². The van der Waals surface area contributed by atoms with Gasteiger partial charge in [0.05, 0.1) is 18.5 Å². The Kier molecular flexibility index (Phi) is 15.4. The van der Waals surface area contributed by atoms with Gasteiger partial charge in [0.1, 0.15) is 11.5 Å². The molecule has 0 fully saturated rings. The molecule has 54 heavy (non-hydrogen) atoms. The van der Waals surface area contributed by atoms with Crippen molar-refractivity contribution in [2.75, 3.05) is 13.2 Å². The van der Waals surface area contributed by atoms with Crippen LogP contribution in [0, 0.1) is 41.5 Å². The van der Waals surface area contributed by atoms with Gasteiger partial charge < -0.3 is 18.6 Å². The fourth-order valence-electron chi connectivity index (χ4n) is 6.67. The Morgan fingerprint density at radius 2 is 1.04 bits per heavy atom. The van der Waals surface area contributed by atoms with Crippen LogP contribution in [0.5, 0.6) is 11.5 Å². The van der Waals surface area contributed by atoms with E-state index in [9.17, 15) is 18.7 Å². The first-order valence-electron chi connectivity index (χ1n) is 18.7. The maximum atomic E-state index is 14.2. The van der Waals surface area contributed by atoms with Crippen molar-refractivity contribution in [1.29, 1.82) is 0 Å². The van der Waals surface area contributed by atoms with Gasteiger partial charge in [-0.15, -0.1) is 0 Å². The molecule has 0 amide bonds. The molecule has 0 aromatic heterocycles. The normalized spacial score (nSPS) is 11.6. The van der Waals surface area contributed by atoms with E-state index in [1.165, 1.54) is 0 Å². The summed E-state index contributed by atoms with van der Waals surface area (Å²) in [5.74, 6) is 1.17. The fourth-order valence-corrected chi connectivity index (χ4v) is 10.8. The van der Waals surface area contributed by atoms with Gasteiger partial charge in [-0.1, -0.05) is 123 Å². The van der Waals surface area contributed by atoms with Crippen LogP contribution in [0.3, 0.4) is 0 Å². The first kappa shape index (κ1) is 42.2. The molecular formula is C46H54O6P2. The average molecular weight is 765 g/mol. The molecule has 0 radical (unpaired) electrons. The molecule has 0 aliphatic carbocycles. The van der Waals surface area contributed by atoms with E-state index in [2.05, 4.69) is 13.8 Å². The summed E-state index contributed by atoms with van der Waals surface area (Å²) in [7, 11) is -6.18. The van der Waals surface area contributed by atoms with Gasteiger partial charge in [-0.05, 0) is 88.8 Å². The van der Waals surface area contributed by atoms with Gasteiger partial charge in [0.25, 0.3) is 0 Å². The second-order valence-electron chi connectivity index (χ2n) is 13.9. The van der Waals surface area contributed by atoms with Gasteiger partial charge in [0, 0.05) is 27.8 Å². The van der Waals surface area contributed by atoms with Gasteiger partial charge in [-0.2, -0.15) is 0 Å². The predicted molar refractivity (Wildman–Crippen MR) is 226 cm³/mol. The van der Waals surface area contributed by atoms with E-state index < -0.39 is 14.9 Å². The third kappa shape index (κ3) is 10.2. The van der Waals surface area contributed by atoms with Crippen LogP contribution < -0.4 is 25.4 Å². The molecular weight excluding hydrogens is 710 g/mol. The Bertz CT molecular complexity index is 2050. The molecule has 1 atom stereocenters. The Balaban J connectivity index is 0.000000243. The van der Waals surface area contributed by atoms with E-state index in [0.29, 0.717) is 51.8 Å². The second-order valence-corrected chi connectivity index (χ2v) is 18.2. The van der Waals surface area contributed by atoms with E-state index in [-0.39, 0.29) is 11.0 Å². The zero-order valence-corrected chi connectivity index (χ0v) is 34.8. The summed E-state index contributed by atoms with van der Waals surface area (Å²) >= 11 is 0. The van der Waals surface area contributed by atoms with E-state index in [1.54, 1.807) is 42.5 Å². The highest BCUT2D eigenvalue weighted by molar-refractivity contribution is 7.93. The van der Waals surface area contributed by atoms with E-state index in [4.69, 9.17) is 9.47 Å². The first-order chi connectivity index (χ1) is 25.8. The standard InChI is InChI=1S/C24H33O4P.C22H21O2P/c1-6-8-12-27-20-10-11-22(21(16-20)28-13-9-7-2)29(26)24(25)23-18(4)14-17(3)15-19(23)5;1-16-14-17(2)21(18(3)15-16)22(23)25(24,19-10-6-4-7-11-19)20-12-8-5-9-13-20/h10-11,14-16,29H,6-9,12-13H2,1-5H3;4-15H,1-3H3. The highest BCUT2D eigenvalue weighted by Crippen LogP contribution is 2.48. The molecule has 5 rings (SSSR count). The van der Waals surface area contributed by atoms with Gasteiger partial charge in [-0.3, -0.25) is 9.59 Å². The lowest BCUT2D eigenvalue weighted by Gasteiger charge is -2.20. The van der Waals surface area contributed by atoms with E-state index >= 15 is 0 Å². The highest BCUT2D eigenvalue weighted by atomic mass is 31.2. The Labute approximate surface area is 322 Å². The van der Waals surface area contributed by atoms with Gasteiger partial charge in [-0.25, -0.2) is 0 Å². The van der Waals surface area contributed by atoms with Crippen LogP contribution in [0.4, 0.5) is 0 Å². The Morgan fingerprint density at radius 3 is 1.50 bits per heavy atom. The molecule has 0 spiro atoms. The summed E-state index contributed by atoms with van der Waals surface area (Å²) in [5.41, 5.74) is 6.17. The predicted octanol–water partition coefficient (Wildman–Crippen LogP) is 10.8. The third-order valence-electron chi connectivity index (χ3n) is 9.25. The maximum Gasteiger partial charge on any atom is 0.230 e. The zero-order valence-electron chi connectivity index (χ0n) is 33.0. The number of rotatable bonds is 15. The van der Waals surface area contributed by atoms with Crippen molar-refractivity contribution in [2.45, 2.75) is 81.1 Å². The average Bonchev–Trinajstić information content (AvgIpc) is 3.14. The molecule has 0 saturated carbocycles. The van der Waals surface area contributed by atoms with Gasteiger partial charge in [0.2, 0.25) is 18.2 Å². The second kappa shape index (κ2) is 19.7. The number of hydrogen-bond acceptors (Lipinski definition) is 6. The lowest BCUT2D eigenvalue weighted by molar-refractivity contribution is 0.107. The van der Waals surface area contributed by atoms with Gasteiger partial charge in [0.15, 0.2) is 7.80 Å². The quantitative estimate of drug-likeness (QED) is 0.0779. The van der Waals surface area contributed by atoms with Crippen molar-refractivity contribution in [3.63, 3.8) is 0 Å². The largest absolute Gasteiger partial charge is 0.493 e. The minimum absolute atomic E-state index is 0.292. The Hall–Kier alpha value is -4.50. The molecule has 0 saturated heterocycles. The number of aryl methyl sites for hydroxylation is 6. The molecule has 8 heteroatoms. The monoisotopic (exact) mass is 764 g/mol. The molecule has 0 N–H and O–H groups in total. The molecule has 6 nitrogen and oxygen atoms in total. The van der Waals surface area contributed by atoms with Crippen molar-refractivity contribution in [1.82, 2.24) is 0 Å². The van der Waals surface area contributed by atoms with Gasteiger partial charge >= 0.3 is 0 Å². The summed E-state index contributed by atoms with van der Waals surface area (Å²) in [6.07, 6.45) is 3.91. The zero-order chi connectivity index (χ0) is 39.4. The molecule has 0 aliphatic rings. The number of carbonyl (C=O) groups is 2. The molecule has 5 aromatic carbocycles. The number of benzene rings is 5. The van der Waals surface area contributed by atoms with Crippen LogP contribution in [-0.2, 0) is 9.13 Å². The van der Waals surface area contributed by atoms with Crippen molar-refractivity contribution in [3.05, 3.63) is 148 Å². The summed E-state index contributed by atoms with van der Waals surface area (Å²) in [6, 6.07) is 31.3.